The van der Waals surface area contributed by atoms with Crippen LogP contribution >= 0.6 is 0 Å². The van der Waals surface area contributed by atoms with E-state index in [1.54, 1.807) is 38.1 Å². The van der Waals surface area contributed by atoms with E-state index in [2.05, 4.69) is 0 Å². The number of carboxylic acid groups (broad SMARTS) is 1. The Labute approximate surface area is 306 Å². The number of carboxylic acids is 1. The quantitative estimate of drug-likeness (QED) is 0.176. The maximum Gasteiger partial charge on any atom is 0.323 e. The van der Waals surface area contributed by atoms with Crippen LogP contribution in [0, 0.1) is 22.7 Å². The highest BCUT2D eigenvalue weighted by Gasteiger charge is 2.79. The number of esters is 1. The van der Waals surface area contributed by atoms with Gasteiger partial charge in [0, 0.05) is 33.6 Å². The van der Waals surface area contributed by atoms with Crippen LogP contribution in [-0.4, -0.2) is 75.0 Å². The van der Waals surface area contributed by atoms with Crippen molar-refractivity contribution >= 4 is 29.2 Å². The molecule has 7 rings (SSSR count). The molecule has 0 bridgehead atoms. The second kappa shape index (κ2) is 13.2. The Kier molecular flexibility index (Phi) is 9.26. The summed E-state index contributed by atoms with van der Waals surface area (Å²) in [7, 11) is 0. The average Bonchev–Trinajstić information content (AvgIpc) is 3.61. The van der Waals surface area contributed by atoms with Gasteiger partial charge in [-0.15, -0.1) is 0 Å². The second-order valence-corrected chi connectivity index (χ2v) is 15.7. The van der Waals surface area contributed by atoms with Crippen molar-refractivity contribution in [3.05, 3.63) is 88.5 Å². The summed E-state index contributed by atoms with van der Waals surface area (Å²) in [6.07, 6.45) is 1.41. The van der Waals surface area contributed by atoms with Gasteiger partial charge in [0.2, 0.25) is 5.78 Å². The van der Waals surface area contributed by atoms with Gasteiger partial charge in [-0.2, -0.15) is 0 Å². The average molecular weight is 733 g/mol. The van der Waals surface area contributed by atoms with Crippen molar-refractivity contribution in [2.45, 2.75) is 94.8 Å². The number of anilines is 1. The number of aliphatic hydroxyl groups is 2. The first kappa shape index (κ1) is 37.1. The van der Waals surface area contributed by atoms with Gasteiger partial charge in [-0.1, -0.05) is 55.0 Å². The monoisotopic (exact) mass is 732 g/mol. The van der Waals surface area contributed by atoms with E-state index in [4.69, 9.17) is 30.8 Å². The zero-order valence-electron chi connectivity index (χ0n) is 29.6. The fourth-order valence-electron chi connectivity index (χ4n) is 10.2. The number of ether oxygens (including phenoxy) is 3. The Morgan fingerprint density at radius 3 is 2.58 bits per heavy atom. The van der Waals surface area contributed by atoms with Crippen molar-refractivity contribution in [3.8, 4) is 0 Å². The highest BCUT2D eigenvalue weighted by molar-refractivity contribution is 6.01. The van der Waals surface area contributed by atoms with Crippen molar-refractivity contribution in [2.75, 3.05) is 12.3 Å². The molecule has 2 aromatic carbocycles. The molecule has 3 saturated carbocycles. The lowest BCUT2D eigenvalue weighted by Crippen LogP contribution is -2.69. The van der Waals surface area contributed by atoms with Crippen LogP contribution < -0.4 is 11.5 Å². The summed E-state index contributed by atoms with van der Waals surface area (Å²) >= 11 is 0. The number of carbonyl (C=O) groups is 4. The topological polar surface area (TPSA) is 209 Å². The molecule has 2 aromatic rings. The first-order chi connectivity index (χ1) is 25.1. The number of halogens is 1. The lowest BCUT2D eigenvalue weighted by Gasteiger charge is -2.62. The SMILES string of the molecule is C[C@]12C=CC(=O)C=C1CC[C@H]1[C@@H]3C[C@H]4O[C@@H](c5cccc(Cc6ccc(CO)c(N)c6)c5)O[C@@]4(C(=O)COC(=O)[C@@H](N)CC(=O)O)[C@@]3(C)C[C@H](O)[C@@]12F. The van der Waals surface area contributed by atoms with Gasteiger partial charge >= 0.3 is 11.9 Å². The molecule has 4 fully saturated rings. The standard InChI is InChI=1S/C40H45FN2O10/c1-37-11-10-26(45)15-25(37)8-9-27-28-16-33-40(38(28,2)18-31(46)39(27,37)41,32(47)20-51-35(50)30(43)17-34(48)49)53-36(52-33)23-5-3-4-21(13-23)12-22-6-7-24(19-44)29(42)14-22/h3-7,10-11,13-15,27-28,30-31,33,36,44,46H,8-9,12,16-20,42-43H2,1-2H3,(H,48,49)/t27-,28-,30-,31-,33+,36+,37-,38-,39-,40+/m0/s1. The molecule has 0 radical (unpaired) electrons. The zero-order chi connectivity index (χ0) is 38.1. The first-order valence-electron chi connectivity index (χ1n) is 18.0. The predicted octanol–water partition coefficient (Wildman–Crippen LogP) is 3.40. The third-order valence-electron chi connectivity index (χ3n) is 12.9. The lowest BCUT2D eigenvalue weighted by atomic mass is 9.44. The number of hydrogen-bond donors (Lipinski definition) is 5. The van der Waals surface area contributed by atoms with Crippen LogP contribution in [0.2, 0.25) is 0 Å². The van der Waals surface area contributed by atoms with Gasteiger partial charge in [0.25, 0.3) is 0 Å². The van der Waals surface area contributed by atoms with Crippen molar-refractivity contribution in [3.63, 3.8) is 0 Å². The van der Waals surface area contributed by atoms with Crippen molar-refractivity contribution in [1.82, 2.24) is 0 Å². The van der Waals surface area contributed by atoms with E-state index in [-0.39, 0.29) is 25.2 Å². The maximum absolute atomic E-state index is 17.9. The first-order valence-corrected chi connectivity index (χ1v) is 18.0. The number of aliphatic hydroxyl groups excluding tert-OH is 2. The third kappa shape index (κ3) is 5.67. The largest absolute Gasteiger partial charge is 0.481 e. The molecule has 0 aromatic heterocycles. The summed E-state index contributed by atoms with van der Waals surface area (Å²) in [5, 5.41) is 30.6. The minimum Gasteiger partial charge on any atom is -0.481 e. The highest BCUT2D eigenvalue weighted by atomic mass is 19.1. The summed E-state index contributed by atoms with van der Waals surface area (Å²) in [6, 6.07) is 11.4. The Morgan fingerprint density at radius 1 is 1.11 bits per heavy atom. The fourth-order valence-corrected chi connectivity index (χ4v) is 10.2. The van der Waals surface area contributed by atoms with Crippen LogP contribution in [0.15, 0.2) is 66.3 Å². The van der Waals surface area contributed by atoms with E-state index >= 15 is 4.39 Å². The Bertz CT molecular complexity index is 1930. The lowest BCUT2D eigenvalue weighted by molar-refractivity contribution is -0.231. The van der Waals surface area contributed by atoms with Gasteiger partial charge in [-0.3, -0.25) is 19.2 Å². The number of hydrogen-bond acceptors (Lipinski definition) is 11. The Hall–Kier alpha value is -4.27. The molecule has 282 valence electrons. The predicted molar refractivity (Wildman–Crippen MR) is 187 cm³/mol. The van der Waals surface area contributed by atoms with Gasteiger partial charge in [0.05, 0.1) is 25.2 Å². The molecule has 1 saturated heterocycles. The van der Waals surface area contributed by atoms with Crippen LogP contribution in [-0.2, 0) is 46.4 Å². The van der Waals surface area contributed by atoms with Crippen molar-refractivity contribution < 1.29 is 53.1 Å². The minimum atomic E-state index is -2.16. The summed E-state index contributed by atoms with van der Waals surface area (Å²) in [4.78, 5) is 50.7. The maximum atomic E-state index is 17.9. The smallest absolute Gasteiger partial charge is 0.323 e. The number of aliphatic carboxylic acids is 1. The van der Waals surface area contributed by atoms with E-state index in [1.807, 2.05) is 24.3 Å². The number of benzene rings is 2. The van der Waals surface area contributed by atoms with Crippen molar-refractivity contribution in [2.24, 2.45) is 28.4 Å². The number of Topliss-reactive ketones (excluding diaryl/α,β-unsaturated/α-hetero) is 1. The molecule has 5 aliphatic rings. The second-order valence-electron chi connectivity index (χ2n) is 15.7. The fraction of sp³-hybridized carbons (Fsp3) is 0.500. The van der Waals surface area contributed by atoms with Crippen LogP contribution in [0.25, 0.3) is 0 Å². The number of nitrogens with two attached hydrogens (primary N) is 2. The van der Waals surface area contributed by atoms with E-state index in [9.17, 15) is 29.4 Å². The van der Waals surface area contributed by atoms with E-state index in [0.717, 1.165) is 11.1 Å². The number of nitrogen functional groups attached to an aromatic ring is 1. The highest BCUT2D eigenvalue weighted by Crippen LogP contribution is 2.72. The summed E-state index contributed by atoms with van der Waals surface area (Å²) in [6.45, 7) is 2.53. The molecule has 7 N–H and O–H groups in total. The summed E-state index contributed by atoms with van der Waals surface area (Å²) in [5.41, 5.74) is 9.56. The van der Waals surface area contributed by atoms with Crippen molar-refractivity contribution in [1.29, 1.82) is 0 Å². The number of carbonyl (C=O) groups excluding carboxylic acids is 3. The number of ketones is 2. The molecule has 4 aliphatic carbocycles. The molecule has 1 heterocycles. The molecule has 0 unspecified atom stereocenters. The van der Waals surface area contributed by atoms with E-state index in [1.165, 1.54) is 12.2 Å². The van der Waals surface area contributed by atoms with Gasteiger partial charge < -0.3 is 41.0 Å². The number of fused-ring (bicyclic) bond motifs is 7. The Morgan fingerprint density at radius 2 is 1.87 bits per heavy atom. The molecule has 53 heavy (non-hydrogen) atoms. The molecule has 0 amide bonds. The molecular weight excluding hydrogens is 687 g/mol. The van der Waals surface area contributed by atoms with Crippen LogP contribution in [0.5, 0.6) is 0 Å². The van der Waals surface area contributed by atoms with Gasteiger partial charge in [-0.05, 0) is 74.3 Å². The van der Waals surface area contributed by atoms with Gasteiger partial charge in [-0.25, -0.2) is 4.39 Å². The van der Waals surface area contributed by atoms with Gasteiger partial charge in [0.1, 0.15) is 6.04 Å². The van der Waals surface area contributed by atoms with Crippen LogP contribution in [0.1, 0.15) is 74.5 Å². The molecular formula is C40H45FN2O10. The van der Waals surface area contributed by atoms with Crippen LogP contribution in [0.3, 0.4) is 0 Å². The van der Waals surface area contributed by atoms with E-state index in [0.29, 0.717) is 41.6 Å². The molecule has 0 spiro atoms. The summed E-state index contributed by atoms with van der Waals surface area (Å²) in [5.74, 6) is -4.53. The summed E-state index contributed by atoms with van der Waals surface area (Å²) < 4.78 is 36.5. The molecule has 13 heteroatoms. The number of rotatable bonds is 10. The number of allylic oxidation sites excluding steroid dienone is 4. The zero-order valence-corrected chi connectivity index (χ0v) is 29.6. The van der Waals surface area contributed by atoms with Gasteiger partial charge in [0.15, 0.2) is 29.9 Å². The van der Waals surface area contributed by atoms with Crippen LogP contribution in [0.4, 0.5) is 10.1 Å². The number of alkyl halides is 1. The minimum absolute atomic E-state index is 0.173. The molecule has 1 aliphatic heterocycles. The Balaban J connectivity index is 1.22. The molecule has 12 nitrogen and oxygen atoms in total. The molecule has 10 atom stereocenters. The normalized spacial score (nSPS) is 36.1. The third-order valence-corrected chi connectivity index (χ3v) is 12.9. The van der Waals surface area contributed by atoms with E-state index < -0.39 is 89.2 Å².